The van der Waals surface area contributed by atoms with E-state index in [-0.39, 0.29) is 11.9 Å². The van der Waals surface area contributed by atoms with E-state index in [0.29, 0.717) is 6.04 Å². The molecular weight excluding hydrogens is 252 g/mol. The highest BCUT2D eigenvalue weighted by Gasteiger charge is 2.31. The lowest BCUT2D eigenvalue weighted by atomic mass is 9.94. The number of carbonyl (C=O) groups is 1. The lowest BCUT2D eigenvalue weighted by molar-refractivity contribution is -0.124. The molecule has 20 heavy (non-hydrogen) atoms. The van der Waals surface area contributed by atoms with Crippen molar-refractivity contribution in [1.82, 2.24) is 15.1 Å². The first-order chi connectivity index (χ1) is 9.24. The average molecular weight is 284 g/mol. The van der Waals surface area contributed by atoms with Crippen molar-refractivity contribution in [2.45, 2.75) is 57.7 Å². The van der Waals surface area contributed by atoms with Crippen molar-refractivity contribution in [3.63, 3.8) is 0 Å². The van der Waals surface area contributed by atoms with E-state index < -0.39 is 5.54 Å². The van der Waals surface area contributed by atoms with Crippen molar-refractivity contribution in [2.24, 2.45) is 5.73 Å². The minimum absolute atomic E-state index is 0.251. The molecule has 1 saturated heterocycles. The Morgan fingerprint density at radius 3 is 2.60 bits per heavy atom. The van der Waals surface area contributed by atoms with Crippen LogP contribution in [0.4, 0.5) is 0 Å². The molecule has 2 atom stereocenters. The van der Waals surface area contributed by atoms with Crippen LogP contribution in [0.3, 0.4) is 0 Å². The highest BCUT2D eigenvalue weighted by Crippen LogP contribution is 2.17. The van der Waals surface area contributed by atoms with Gasteiger partial charge in [0.2, 0.25) is 5.91 Å². The molecule has 0 aromatic heterocycles. The molecule has 0 bridgehead atoms. The van der Waals surface area contributed by atoms with Crippen molar-refractivity contribution in [3.8, 4) is 0 Å². The van der Waals surface area contributed by atoms with E-state index in [1.165, 1.54) is 6.42 Å². The summed E-state index contributed by atoms with van der Waals surface area (Å²) in [6, 6.07) is 0.934. The fourth-order valence-corrected chi connectivity index (χ4v) is 3.00. The quantitative estimate of drug-likeness (QED) is 0.687. The molecule has 3 N–H and O–H groups in total. The van der Waals surface area contributed by atoms with E-state index in [1.54, 1.807) is 0 Å². The number of nitrogens with zero attached hydrogens (tertiary/aromatic N) is 2. The monoisotopic (exact) mass is 284 g/mol. The van der Waals surface area contributed by atoms with Gasteiger partial charge in [0.05, 0.1) is 5.54 Å². The van der Waals surface area contributed by atoms with E-state index >= 15 is 0 Å². The SMILES string of the molecule is CC(C)NC(C)(CCCN1CCC(N(C)C)C1)C(N)=O. The topological polar surface area (TPSA) is 61.6 Å². The summed E-state index contributed by atoms with van der Waals surface area (Å²) in [5.41, 5.74) is 4.97. The van der Waals surface area contributed by atoms with Gasteiger partial charge in [-0.2, -0.15) is 0 Å². The molecule has 0 aromatic rings. The van der Waals surface area contributed by atoms with E-state index in [4.69, 9.17) is 5.73 Å². The molecule has 0 aromatic carbocycles. The summed E-state index contributed by atoms with van der Waals surface area (Å²) in [5.74, 6) is -0.251. The highest BCUT2D eigenvalue weighted by atomic mass is 16.1. The van der Waals surface area contributed by atoms with Crippen LogP contribution in [0.15, 0.2) is 0 Å². The Labute approximate surface area is 123 Å². The van der Waals surface area contributed by atoms with Crippen LogP contribution in [0.5, 0.6) is 0 Å². The number of primary amides is 1. The van der Waals surface area contributed by atoms with Gasteiger partial charge >= 0.3 is 0 Å². The molecule has 0 radical (unpaired) electrons. The van der Waals surface area contributed by atoms with Crippen LogP contribution in [0.2, 0.25) is 0 Å². The molecule has 1 fully saturated rings. The molecule has 2 unspecified atom stereocenters. The number of likely N-dealkylation sites (tertiary alicyclic amines) is 1. The number of likely N-dealkylation sites (N-methyl/N-ethyl adjacent to an activating group) is 1. The summed E-state index contributed by atoms with van der Waals surface area (Å²) in [6.07, 6.45) is 3.04. The summed E-state index contributed by atoms with van der Waals surface area (Å²) in [4.78, 5) is 16.5. The zero-order chi connectivity index (χ0) is 15.3. The van der Waals surface area contributed by atoms with E-state index in [2.05, 4.69) is 29.2 Å². The predicted molar refractivity (Wildman–Crippen MR) is 83.6 cm³/mol. The van der Waals surface area contributed by atoms with Gasteiger partial charge in [-0.05, 0) is 67.2 Å². The number of nitrogens with one attached hydrogen (secondary N) is 1. The van der Waals surface area contributed by atoms with Crippen LogP contribution in [-0.4, -0.2) is 67.1 Å². The van der Waals surface area contributed by atoms with Gasteiger partial charge in [-0.25, -0.2) is 0 Å². The standard InChI is InChI=1S/C15H32N4O/c1-12(2)17-15(3,14(16)20)8-6-9-19-10-7-13(11-19)18(4)5/h12-13,17H,6-11H2,1-5H3,(H2,16,20). The third-order valence-corrected chi connectivity index (χ3v) is 4.28. The van der Waals surface area contributed by atoms with Crippen LogP contribution in [0.25, 0.3) is 0 Å². The summed E-state index contributed by atoms with van der Waals surface area (Å²) in [6.45, 7) is 9.35. The van der Waals surface area contributed by atoms with Crippen molar-refractivity contribution in [1.29, 1.82) is 0 Å². The molecular formula is C15H32N4O. The summed E-state index contributed by atoms with van der Waals surface area (Å²) >= 11 is 0. The largest absolute Gasteiger partial charge is 0.368 e. The number of amides is 1. The van der Waals surface area contributed by atoms with Crippen LogP contribution < -0.4 is 11.1 Å². The van der Waals surface area contributed by atoms with Gasteiger partial charge in [-0.15, -0.1) is 0 Å². The second-order valence-corrected chi connectivity index (χ2v) is 6.81. The fourth-order valence-electron chi connectivity index (χ4n) is 3.00. The van der Waals surface area contributed by atoms with Gasteiger partial charge in [0, 0.05) is 18.6 Å². The van der Waals surface area contributed by atoms with Crippen LogP contribution in [0.1, 0.15) is 40.0 Å². The molecule has 1 rings (SSSR count). The Balaban J connectivity index is 2.37. The van der Waals surface area contributed by atoms with Crippen molar-refractivity contribution in [3.05, 3.63) is 0 Å². The molecule has 1 amide bonds. The molecule has 1 heterocycles. The smallest absolute Gasteiger partial charge is 0.237 e. The van der Waals surface area contributed by atoms with Gasteiger partial charge in [-0.1, -0.05) is 0 Å². The Morgan fingerprint density at radius 1 is 1.50 bits per heavy atom. The molecule has 0 aliphatic carbocycles. The molecule has 1 aliphatic rings. The summed E-state index contributed by atoms with van der Waals surface area (Å²) in [7, 11) is 4.29. The van der Waals surface area contributed by atoms with Gasteiger partial charge in [0.15, 0.2) is 0 Å². The van der Waals surface area contributed by atoms with E-state index in [0.717, 1.165) is 32.5 Å². The van der Waals surface area contributed by atoms with Gasteiger partial charge < -0.3 is 20.9 Å². The minimum atomic E-state index is -0.588. The minimum Gasteiger partial charge on any atom is -0.368 e. The predicted octanol–water partition coefficient (Wildman–Crippen LogP) is 0.645. The normalized spacial score (nSPS) is 23.4. The maximum Gasteiger partial charge on any atom is 0.237 e. The van der Waals surface area contributed by atoms with Crippen molar-refractivity contribution < 1.29 is 4.79 Å². The summed E-state index contributed by atoms with van der Waals surface area (Å²) in [5, 5.41) is 3.31. The van der Waals surface area contributed by atoms with Crippen LogP contribution >= 0.6 is 0 Å². The maximum atomic E-state index is 11.7. The lowest BCUT2D eigenvalue weighted by Crippen LogP contribution is -2.55. The number of hydrogen-bond acceptors (Lipinski definition) is 4. The third-order valence-electron chi connectivity index (χ3n) is 4.28. The summed E-state index contributed by atoms with van der Waals surface area (Å²) < 4.78 is 0. The zero-order valence-corrected chi connectivity index (χ0v) is 13.8. The Bertz CT molecular complexity index is 319. The Hall–Kier alpha value is -0.650. The molecule has 5 heteroatoms. The Morgan fingerprint density at radius 2 is 2.15 bits per heavy atom. The number of hydrogen-bond donors (Lipinski definition) is 2. The van der Waals surface area contributed by atoms with Crippen LogP contribution in [-0.2, 0) is 4.79 Å². The second-order valence-electron chi connectivity index (χ2n) is 6.81. The fraction of sp³-hybridized carbons (Fsp3) is 0.933. The Kier molecular flexibility index (Phi) is 6.43. The zero-order valence-electron chi connectivity index (χ0n) is 13.8. The van der Waals surface area contributed by atoms with Crippen LogP contribution in [0, 0.1) is 0 Å². The van der Waals surface area contributed by atoms with Crippen molar-refractivity contribution in [2.75, 3.05) is 33.7 Å². The molecule has 5 nitrogen and oxygen atoms in total. The average Bonchev–Trinajstić information content (AvgIpc) is 2.76. The molecule has 1 aliphatic heterocycles. The number of nitrogens with two attached hydrogens (primary N) is 1. The first kappa shape index (κ1) is 17.4. The molecule has 0 spiro atoms. The van der Waals surface area contributed by atoms with E-state index in [1.807, 2.05) is 20.8 Å². The van der Waals surface area contributed by atoms with Gasteiger partial charge in [-0.3, -0.25) is 4.79 Å². The first-order valence-electron chi connectivity index (χ1n) is 7.71. The number of carbonyl (C=O) groups excluding carboxylic acids is 1. The molecule has 0 saturated carbocycles. The van der Waals surface area contributed by atoms with Crippen molar-refractivity contribution >= 4 is 5.91 Å². The molecule has 118 valence electrons. The lowest BCUT2D eigenvalue weighted by Gasteiger charge is -2.30. The second kappa shape index (κ2) is 7.38. The van der Waals surface area contributed by atoms with E-state index in [9.17, 15) is 4.79 Å². The maximum absolute atomic E-state index is 11.7. The number of rotatable bonds is 8. The first-order valence-corrected chi connectivity index (χ1v) is 7.71. The van der Waals surface area contributed by atoms with Gasteiger partial charge in [0.25, 0.3) is 0 Å². The van der Waals surface area contributed by atoms with Gasteiger partial charge in [0.1, 0.15) is 0 Å². The third kappa shape index (κ3) is 5.04. The highest BCUT2D eigenvalue weighted by molar-refractivity contribution is 5.84.